The quantitative estimate of drug-likeness (QED) is 0.296. The minimum Gasteiger partial charge on any atom is -0.416 e. The van der Waals surface area contributed by atoms with Crippen molar-refractivity contribution in [3.63, 3.8) is 0 Å². The number of hydrogen-bond acceptors (Lipinski definition) is 1. The Kier molecular flexibility index (Phi) is 8.09. The molecule has 0 rings (SSSR count). The summed E-state index contributed by atoms with van der Waals surface area (Å²) in [4.78, 5) is 0. The van der Waals surface area contributed by atoms with E-state index in [1.807, 2.05) is 6.55 Å². The molecule has 0 bridgehead atoms. The molecule has 0 fully saturated rings. The predicted octanol–water partition coefficient (Wildman–Crippen LogP) is 6.12. The molecule has 0 aromatic carbocycles. The molecule has 5 heteroatoms. The van der Waals surface area contributed by atoms with Crippen LogP contribution < -0.4 is 0 Å². The molecular formula is C13H30Cl2OSi2. The van der Waals surface area contributed by atoms with Gasteiger partial charge in [-0.2, -0.15) is 0 Å². The fourth-order valence-corrected chi connectivity index (χ4v) is 10.2. The summed E-state index contributed by atoms with van der Waals surface area (Å²) in [5.41, 5.74) is 1.94. The molecule has 0 aromatic heterocycles. The van der Waals surface area contributed by atoms with E-state index in [4.69, 9.17) is 26.6 Å². The Labute approximate surface area is 125 Å². The Bertz CT molecular complexity index is 216. The van der Waals surface area contributed by atoms with Crippen LogP contribution in [0.3, 0.4) is 0 Å². The summed E-state index contributed by atoms with van der Waals surface area (Å²) in [6, 6.07) is 0.925. The molecule has 18 heavy (non-hydrogen) atoms. The summed E-state index contributed by atoms with van der Waals surface area (Å²) in [6.45, 7) is 14.7. The number of rotatable bonds is 8. The smallest absolute Gasteiger partial charge is 0.248 e. The maximum absolute atomic E-state index is 6.45. The Hall–Kier alpha value is 0.974. The third-order valence-corrected chi connectivity index (χ3v) is 12.3. The van der Waals surface area contributed by atoms with E-state index in [0.717, 1.165) is 19.1 Å². The Morgan fingerprint density at radius 3 is 1.56 bits per heavy atom. The second kappa shape index (κ2) is 7.68. The van der Waals surface area contributed by atoms with E-state index < -0.39 is 15.0 Å². The van der Waals surface area contributed by atoms with Gasteiger partial charge in [0.05, 0.1) is 0 Å². The number of halogens is 2. The first kappa shape index (κ1) is 19.0. The zero-order valence-corrected chi connectivity index (χ0v) is 16.5. The highest BCUT2D eigenvalue weighted by Gasteiger charge is 2.44. The van der Waals surface area contributed by atoms with Gasteiger partial charge >= 0.3 is 0 Å². The van der Waals surface area contributed by atoms with Gasteiger partial charge in [0.25, 0.3) is 0 Å². The average molecular weight is 329 g/mol. The van der Waals surface area contributed by atoms with E-state index in [1.165, 1.54) is 0 Å². The molecule has 0 aromatic rings. The van der Waals surface area contributed by atoms with E-state index in [9.17, 15) is 0 Å². The highest BCUT2D eigenvalue weighted by molar-refractivity contribution is 7.44. The van der Waals surface area contributed by atoms with Crippen molar-refractivity contribution in [2.24, 2.45) is 0 Å². The molecule has 0 saturated carbocycles. The molecule has 1 nitrogen and oxygen atoms in total. The summed E-state index contributed by atoms with van der Waals surface area (Å²) < 4.78 is 6.45. The van der Waals surface area contributed by atoms with Crippen LogP contribution in [-0.4, -0.2) is 21.6 Å². The van der Waals surface area contributed by atoms with Crippen LogP contribution in [0.5, 0.6) is 0 Å². The molecule has 0 heterocycles. The van der Waals surface area contributed by atoms with Crippen molar-refractivity contribution in [2.45, 2.75) is 77.2 Å². The van der Waals surface area contributed by atoms with Gasteiger partial charge in [-0.3, -0.25) is 0 Å². The van der Waals surface area contributed by atoms with Crippen molar-refractivity contribution in [1.82, 2.24) is 0 Å². The zero-order chi connectivity index (χ0) is 14.6. The summed E-state index contributed by atoms with van der Waals surface area (Å²) in [6.07, 6.45) is 0.997. The second-order valence-electron chi connectivity index (χ2n) is 6.34. The van der Waals surface area contributed by atoms with E-state index in [2.05, 4.69) is 41.5 Å². The molecule has 0 N–H and O–H groups in total. The van der Waals surface area contributed by atoms with Crippen LogP contribution in [0.1, 0.15) is 48.0 Å². The van der Waals surface area contributed by atoms with Crippen LogP contribution in [0, 0.1) is 0 Å². The monoisotopic (exact) mass is 328 g/mol. The maximum Gasteiger partial charge on any atom is 0.248 e. The van der Waals surface area contributed by atoms with Gasteiger partial charge in [-0.25, -0.2) is 0 Å². The van der Waals surface area contributed by atoms with E-state index >= 15 is 0 Å². The molecule has 0 saturated heterocycles. The largest absolute Gasteiger partial charge is 0.416 e. The highest BCUT2D eigenvalue weighted by Crippen LogP contribution is 2.42. The Morgan fingerprint density at radius 1 is 0.889 bits per heavy atom. The molecule has 110 valence electrons. The molecule has 0 aliphatic carbocycles. The third-order valence-electron chi connectivity index (χ3n) is 3.82. The zero-order valence-electron chi connectivity index (χ0n) is 13.0. The minimum absolute atomic E-state index is 0.646. The Balaban J connectivity index is 4.53. The fraction of sp³-hybridized carbons (Fsp3) is 1.00. The topological polar surface area (TPSA) is 9.23 Å². The summed E-state index contributed by atoms with van der Waals surface area (Å²) in [7, 11) is -1.69. The molecule has 0 atom stereocenters. The normalized spacial score (nSPS) is 14.0. The van der Waals surface area contributed by atoms with Crippen molar-refractivity contribution in [2.75, 3.05) is 6.61 Å². The van der Waals surface area contributed by atoms with Crippen molar-refractivity contribution < 1.29 is 4.43 Å². The SMILES string of the molecule is CC(C)[Si](OCCC[Si](C)(Cl)Cl)(C(C)C)C(C)C. The summed E-state index contributed by atoms with van der Waals surface area (Å²) in [5, 5.41) is 0. The lowest BCUT2D eigenvalue weighted by atomic mass is 10.5. The lowest BCUT2D eigenvalue weighted by Gasteiger charge is -2.42. The van der Waals surface area contributed by atoms with Crippen LogP contribution in [-0.2, 0) is 4.43 Å². The van der Waals surface area contributed by atoms with Crippen molar-refractivity contribution in [3.05, 3.63) is 0 Å². The second-order valence-corrected chi connectivity index (χ2v) is 20.0. The van der Waals surface area contributed by atoms with Gasteiger partial charge < -0.3 is 4.43 Å². The first-order chi connectivity index (χ1) is 8.04. The molecule has 0 amide bonds. The molecule has 0 aliphatic heterocycles. The van der Waals surface area contributed by atoms with Crippen LogP contribution in [0.15, 0.2) is 0 Å². The van der Waals surface area contributed by atoms with Gasteiger partial charge in [0.15, 0.2) is 8.32 Å². The van der Waals surface area contributed by atoms with Gasteiger partial charge in [0, 0.05) is 6.61 Å². The first-order valence-corrected chi connectivity index (χ1v) is 13.9. The standard InChI is InChI=1S/C13H30Cl2OSi2/c1-11(2)18(12(3)4,13(5)6)16-9-8-10-17(7,14)15/h11-13H,8-10H2,1-7H3. The van der Waals surface area contributed by atoms with E-state index in [1.54, 1.807) is 0 Å². The summed E-state index contributed by atoms with van der Waals surface area (Å²) in [5.74, 6) is 0. The van der Waals surface area contributed by atoms with Gasteiger partial charge in [-0.05, 0) is 35.6 Å². The lowest BCUT2D eigenvalue weighted by molar-refractivity contribution is 0.277. The molecule has 0 aliphatic rings. The van der Waals surface area contributed by atoms with Crippen LogP contribution >= 0.6 is 22.2 Å². The number of hydrogen-bond donors (Lipinski definition) is 0. The van der Waals surface area contributed by atoms with Crippen molar-refractivity contribution >= 4 is 37.2 Å². The van der Waals surface area contributed by atoms with E-state index in [0.29, 0.717) is 16.6 Å². The summed E-state index contributed by atoms with van der Waals surface area (Å²) >= 11 is 12.3. The first-order valence-electron chi connectivity index (χ1n) is 7.05. The predicted molar refractivity (Wildman–Crippen MR) is 89.7 cm³/mol. The molecule has 0 unspecified atom stereocenters. The van der Waals surface area contributed by atoms with Gasteiger partial charge in [0.1, 0.15) is 0 Å². The van der Waals surface area contributed by atoms with Gasteiger partial charge in [-0.15, -0.1) is 22.2 Å². The van der Waals surface area contributed by atoms with Crippen molar-refractivity contribution in [1.29, 1.82) is 0 Å². The van der Waals surface area contributed by atoms with Crippen LogP contribution in [0.25, 0.3) is 0 Å². The highest BCUT2D eigenvalue weighted by atomic mass is 35.7. The van der Waals surface area contributed by atoms with Crippen LogP contribution in [0.4, 0.5) is 0 Å². The molecule has 0 spiro atoms. The molecular weight excluding hydrogens is 299 g/mol. The maximum atomic E-state index is 6.45. The fourth-order valence-electron chi connectivity index (χ4n) is 3.13. The van der Waals surface area contributed by atoms with Crippen LogP contribution in [0.2, 0.25) is 29.2 Å². The van der Waals surface area contributed by atoms with Gasteiger partial charge in [0.2, 0.25) is 6.69 Å². The Morgan fingerprint density at radius 2 is 1.28 bits per heavy atom. The lowest BCUT2D eigenvalue weighted by Crippen LogP contribution is -2.48. The van der Waals surface area contributed by atoms with Gasteiger partial charge in [-0.1, -0.05) is 41.5 Å². The third kappa shape index (κ3) is 5.53. The minimum atomic E-state index is -1.96. The van der Waals surface area contributed by atoms with E-state index in [-0.39, 0.29) is 0 Å². The average Bonchev–Trinajstić information content (AvgIpc) is 2.13. The molecule has 0 radical (unpaired) electrons. The van der Waals surface area contributed by atoms with Crippen molar-refractivity contribution in [3.8, 4) is 0 Å².